The number of para-hydroxylation sites is 1. The predicted molar refractivity (Wildman–Crippen MR) is 129 cm³/mol. The molecule has 0 aliphatic rings. The number of hydrogen-bond acceptors (Lipinski definition) is 6. The van der Waals surface area contributed by atoms with E-state index in [2.05, 4.69) is 10.3 Å². The van der Waals surface area contributed by atoms with Crippen LogP contribution >= 0.6 is 0 Å². The molecule has 2 atom stereocenters. The minimum absolute atomic E-state index is 0.0704. The average Bonchev–Trinajstić information content (AvgIpc) is 2.87. The van der Waals surface area contributed by atoms with E-state index in [0.29, 0.717) is 41.1 Å². The molecule has 176 valence electrons. The van der Waals surface area contributed by atoms with Gasteiger partial charge in [0.05, 0.1) is 12.1 Å². The van der Waals surface area contributed by atoms with Crippen LogP contribution in [0.25, 0.3) is 10.9 Å². The third kappa shape index (κ3) is 6.51. The molecule has 4 rings (SSSR count). The number of benzene rings is 3. The molecule has 0 aliphatic heterocycles. The fourth-order valence-corrected chi connectivity index (χ4v) is 3.56. The number of ether oxygens (including phenoxy) is 2. The Kier molecular flexibility index (Phi) is 8.04. The van der Waals surface area contributed by atoms with Gasteiger partial charge in [-0.25, -0.2) is 4.39 Å². The molecule has 1 heterocycles. The van der Waals surface area contributed by atoms with Crippen LogP contribution in [0, 0.1) is 5.82 Å². The average molecular weight is 463 g/mol. The highest BCUT2D eigenvalue weighted by molar-refractivity contribution is 5.85. The molecule has 0 saturated heterocycles. The van der Waals surface area contributed by atoms with Crippen molar-refractivity contribution >= 4 is 10.9 Å². The number of aliphatic hydroxyl groups is 2. The maximum absolute atomic E-state index is 13.7. The van der Waals surface area contributed by atoms with Crippen LogP contribution < -0.4 is 14.8 Å². The molecule has 7 heteroatoms. The van der Waals surface area contributed by atoms with Crippen LogP contribution in [-0.2, 0) is 6.42 Å². The first kappa shape index (κ1) is 23.6. The van der Waals surface area contributed by atoms with Crippen LogP contribution in [-0.4, -0.2) is 47.1 Å². The minimum atomic E-state index is -0.704. The Bertz CT molecular complexity index is 1190. The standard InChI is InChI=1S/C27H27FN2O4/c28-20-8-11-26-25(15-20)27(12-13-29-26)34-24-9-6-19(7-10-24)14-21(17-31)30-16-22(32)18-33-23-4-2-1-3-5-23/h1-13,15,21-22,30-32H,14,16-18H2/t21-,22-/m0/s1. The van der Waals surface area contributed by atoms with Gasteiger partial charge in [-0.3, -0.25) is 4.98 Å². The molecule has 0 bridgehead atoms. The summed E-state index contributed by atoms with van der Waals surface area (Å²) in [4.78, 5) is 4.23. The lowest BCUT2D eigenvalue weighted by atomic mass is 10.1. The van der Waals surface area contributed by atoms with Crippen molar-refractivity contribution in [1.82, 2.24) is 10.3 Å². The molecule has 4 aromatic rings. The lowest BCUT2D eigenvalue weighted by Gasteiger charge is -2.19. The van der Waals surface area contributed by atoms with Crippen LogP contribution in [0.2, 0.25) is 0 Å². The Hall–Kier alpha value is -3.52. The molecular formula is C27H27FN2O4. The zero-order valence-corrected chi connectivity index (χ0v) is 18.6. The van der Waals surface area contributed by atoms with Gasteiger partial charge in [-0.1, -0.05) is 30.3 Å². The molecule has 1 aromatic heterocycles. The van der Waals surface area contributed by atoms with Crippen molar-refractivity contribution in [2.24, 2.45) is 0 Å². The largest absolute Gasteiger partial charge is 0.491 e. The Morgan fingerprint density at radius 3 is 2.50 bits per heavy atom. The molecule has 0 radical (unpaired) electrons. The van der Waals surface area contributed by atoms with E-state index in [1.54, 1.807) is 18.3 Å². The maximum Gasteiger partial charge on any atom is 0.138 e. The first-order valence-electron chi connectivity index (χ1n) is 11.1. The van der Waals surface area contributed by atoms with Crippen molar-refractivity contribution in [2.45, 2.75) is 18.6 Å². The number of fused-ring (bicyclic) bond motifs is 1. The molecule has 0 unspecified atom stereocenters. The molecule has 3 N–H and O–H groups in total. The number of nitrogens with zero attached hydrogens (tertiary/aromatic N) is 1. The van der Waals surface area contributed by atoms with Crippen molar-refractivity contribution in [3.05, 3.63) is 96.4 Å². The molecule has 0 aliphatic carbocycles. The van der Waals surface area contributed by atoms with Gasteiger partial charge in [0.15, 0.2) is 0 Å². The van der Waals surface area contributed by atoms with E-state index >= 15 is 0 Å². The van der Waals surface area contributed by atoms with E-state index in [0.717, 1.165) is 5.56 Å². The van der Waals surface area contributed by atoms with Crippen LogP contribution in [0.15, 0.2) is 85.1 Å². The summed E-state index contributed by atoms with van der Waals surface area (Å²) in [5.41, 5.74) is 1.66. The van der Waals surface area contributed by atoms with E-state index < -0.39 is 6.10 Å². The number of hydrogen-bond donors (Lipinski definition) is 3. The summed E-state index contributed by atoms with van der Waals surface area (Å²) in [6.45, 7) is 0.388. The van der Waals surface area contributed by atoms with Gasteiger partial charge < -0.3 is 25.0 Å². The van der Waals surface area contributed by atoms with Gasteiger partial charge in [0, 0.05) is 24.2 Å². The number of pyridine rings is 1. The monoisotopic (exact) mass is 462 g/mol. The minimum Gasteiger partial charge on any atom is -0.491 e. The van der Waals surface area contributed by atoms with Crippen molar-refractivity contribution < 1.29 is 24.1 Å². The van der Waals surface area contributed by atoms with Gasteiger partial charge in [0.25, 0.3) is 0 Å². The quantitative estimate of drug-likeness (QED) is 0.311. The summed E-state index contributed by atoms with van der Waals surface area (Å²) < 4.78 is 25.2. The summed E-state index contributed by atoms with van der Waals surface area (Å²) in [6, 6.07) is 22.7. The third-order valence-corrected chi connectivity index (χ3v) is 5.34. The lowest BCUT2D eigenvalue weighted by molar-refractivity contribution is 0.0997. The highest BCUT2D eigenvalue weighted by atomic mass is 19.1. The second kappa shape index (κ2) is 11.6. The van der Waals surface area contributed by atoms with Gasteiger partial charge in [0.2, 0.25) is 0 Å². The van der Waals surface area contributed by atoms with Gasteiger partial charge in [-0.15, -0.1) is 0 Å². The molecule has 0 spiro atoms. The van der Waals surface area contributed by atoms with E-state index in [9.17, 15) is 14.6 Å². The van der Waals surface area contributed by atoms with Crippen molar-refractivity contribution in [1.29, 1.82) is 0 Å². The Balaban J connectivity index is 1.29. The van der Waals surface area contributed by atoms with Crippen LogP contribution in [0.5, 0.6) is 17.2 Å². The van der Waals surface area contributed by atoms with E-state index in [-0.39, 0.29) is 25.1 Å². The highest BCUT2D eigenvalue weighted by Crippen LogP contribution is 2.29. The molecule has 0 fully saturated rings. The van der Waals surface area contributed by atoms with Crippen LogP contribution in [0.4, 0.5) is 4.39 Å². The molecular weight excluding hydrogens is 435 g/mol. The van der Waals surface area contributed by atoms with Crippen LogP contribution in [0.1, 0.15) is 5.56 Å². The summed E-state index contributed by atoms with van der Waals surface area (Å²) in [6.07, 6.45) is 1.50. The van der Waals surface area contributed by atoms with E-state index in [1.807, 2.05) is 54.6 Å². The second-order valence-electron chi connectivity index (χ2n) is 7.99. The normalized spacial score (nSPS) is 12.9. The number of halogens is 1. The second-order valence-corrected chi connectivity index (χ2v) is 7.99. The molecule has 6 nitrogen and oxygen atoms in total. The zero-order chi connectivity index (χ0) is 23.8. The number of aliphatic hydroxyl groups excluding tert-OH is 2. The SMILES string of the molecule is OC[C@H](Cc1ccc(Oc2ccnc3ccc(F)cc23)cc1)NC[C@H](O)COc1ccccc1. The Morgan fingerprint density at radius 1 is 0.941 bits per heavy atom. The van der Waals surface area contributed by atoms with Gasteiger partial charge in [0.1, 0.15) is 35.8 Å². The fraction of sp³-hybridized carbons (Fsp3) is 0.222. The summed E-state index contributed by atoms with van der Waals surface area (Å²) >= 11 is 0. The maximum atomic E-state index is 13.7. The predicted octanol–water partition coefficient (Wildman–Crippen LogP) is 4.10. The zero-order valence-electron chi connectivity index (χ0n) is 18.6. The van der Waals surface area contributed by atoms with Crippen molar-refractivity contribution in [2.75, 3.05) is 19.8 Å². The van der Waals surface area contributed by atoms with Gasteiger partial charge in [-0.05, 0) is 60.5 Å². The van der Waals surface area contributed by atoms with Crippen molar-refractivity contribution in [3.63, 3.8) is 0 Å². The third-order valence-electron chi connectivity index (χ3n) is 5.34. The molecule has 0 saturated carbocycles. The van der Waals surface area contributed by atoms with Gasteiger partial charge in [-0.2, -0.15) is 0 Å². The van der Waals surface area contributed by atoms with Gasteiger partial charge >= 0.3 is 0 Å². The topological polar surface area (TPSA) is 83.8 Å². The Labute approximate surface area is 197 Å². The first-order chi connectivity index (χ1) is 16.6. The number of aromatic nitrogens is 1. The van der Waals surface area contributed by atoms with Crippen LogP contribution in [0.3, 0.4) is 0 Å². The lowest BCUT2D eigenvalue weighted by Crippen LogP contribution is -2.41. The van der Waals surface area contributed by atoms with Crippen molar-refractivity contribution in [3.8, 4) is 17.2 Å². The Morgan fingerprint density at radius 2 is 1.74 bits per heavy atom. The van der Waals surface area contributed by atoms with E-state index in [1.165, 1.54) is 12.1 Å². The van der Waals surface area contributed by atoms with E-state index in [4.69, 9.17) is 9.47 Å². The first-order valence-corrected chi connectivity index (χ1v) is 11.1. The molecule has 0 amide bonds. The highest BCUT2D eigenvalue weighted by Gasteiger charge is 2.12. The summed E-state index contributed by atoms with van der Waals surface area (Å²) in [7, 11) is 0. The fourth-order valence-electron chi connectivity index (χ4n) is 3.56. The summed E-state index contributed by atoms with van der Waals surface area (Å²) in [5.74, 6) is 1.49. The summed E-state index contributed by atoms with van der Waals surface area (Å²) in [5, 5.41) is 23.7. The molecule has 3 aromatic carbocycles. The number of rotatable bonds is 11. The number of nitrogens with one attached hydrogen (secondary N) is 1. The molecule has 34 heavy (non-hydrogen) atoms. The smallest absolute Gasteiger partial charge is 0.138 e.